The van der Waals surface area contributed by atoms with Crippen LogP contribution in [0.15, 0.2) is 28.7 Å². The number of nitrogens with one attached hydrogen (secondary N) is 1. The van der Waals surface area contributed by atoms with Gasteiger partial charge >= 0.3 is 0 Å². The van der Waals surface area contributed by atoms with Crippen molar-refractivity contribution in [3.63, 3.8) is 0 Å². The number of fused-ring (bicyclic) bond motifs is 1. The van der Waals surface area contributed by atoms with Crippen molar-refractivity contribution in [2.45, 2.75) is 19.9 Å². The Morgan fingerprint density at radius 2 is 2.00 bits per heavy atom. The zero-order chi connectivity index (χ0) is 17.3. The molecule has 1 aromatic carbocycles. The Balaban J connectivity index is 0.00000225. The van der Waals surface area contributed by atoms with Gasteiger partial charge in [-0.3, -0.25) is 14.5 Å². The Morgan fingerprint density at radius 3 is 2.60 bits per heavy atom. The van der Waals surface area contributed by atoms with E-state index >= 15 is 0 Å². The van der Waals surface area contributed by atoms with E-state index < -0.39 is 5.91 Å². The number of hydrogen-bond acceptors (Lipinski definition) is 4. The minimum atomic E-state index is -0.483. The van der Waals surface area contributed by atoms with Crippen LogP contribution in [0.3, 0.4) is 0 Å². The maximum atomic E-state index is 12.5. The molecule has 0 bridgehead atoms. The SMILES string of the molecule is CCN1CCc2c(sc(NC(=O)c3ccc(Br)cc3)c2C(N)=O)C1.Cl. The van der Waals surface area contributed by atoms with Gasteiger partial charge < -0.3 is 11.1 Å². The highest BCUT2D eigenvalue weighted by molar-refractivity contribution is 9.10. The fraction of sp³-hybridized carbons (Fsp3) is 0.294. The molecular weight excluding hydrogens is 426 g/mol. The fourth-order valence-electron chi connectivity index (χ4n) is 2.85. The van der Waals surface area contributed by atoms with E-state index in [-0.39, 0.29) is 18.3 Å². The molecule has 134 valence electrons. The van der Waals surface area contributed by atoms with E-state index in [4.69, 9.17) is 5.73 Å². The molecule has 0 radical (unpaired) electrons. The summed E-state index contributed by atoms with van der Waals surface area (Å²) in [7, 11) is 0. The van der Waals surface area contributed by atoms with Crippen molar-refractivity contribution in [3.05, 3.63) is 50.3 Å². The number of anilines is 1. The highest BCUT2D eigenvalue weighted by Gasteiger charge is 2.27. The molecular formula is C17H19BrClN3O2S. The van der Waals surface area contributed by atoms with E-state index in [9.17, 15) is 9.59 Å². The summed E-state index contributed by atoms with van der Waals surface area (Å²) in [4.78, 5) is 27.8. The van der Waals surface area contributed by atoms with Crippen molar-refractivity contribution in [1.29, 1.82) is 0 Å². The van der Waals surface area contributed by atoms with Crippen LogP contribution in [0.1, 0.15) is 38.1 Å². The van der Waals surface area contributed by atoms with E-state index in [1.807, 2.05) is 12.1 Å². The number of likely N-dealkylation sites (N-methyl/N-ethyl adjacent to an activating group) is 1. The average Bonchev–Trinajstić information content (AvgIpc) is 2.92. The number of halogens is 2. The van der Waals surface area contributed by atoms with E-state index in [2.05, 4.69) is 33.1 Å². The Bertz CT molecular complexity index is 792. The van der Waals surface area contributed by atoms with Gasteiger partial charge in [0.05, 0.1) is 5.56 Å². The number of benzene rings is 1. The van der Waals surface area contributed by atoms with Crippen LogP contribution >= 0.6 is 39.7 Å². The number of amides is 2. The molecule has 0 unspecified atom stereocenters. The van der Waals surface area contributed by atoms with E-state index in [0.717, 1.165) is 41.0 Å². The van der Waals surface area contributed by atoms with Gasteiger partial charge in [0.15, 0.2) is 0 Å². The molecule has 1 aromatic heterocycles. The quantitative estimate of drug-likeness (QED) is 0.755. The molecule has 0 atom stereocenters. The van der Waals surface area contributed by atoms with Crippen LogP contribution in [0.5, 0.6) is 0 Å². The van der Waals surface area contributed by atoms with Gasteiger partial charge in [-0.15, -0.1) is 23.7 Å². The van der Waals surface area contributed by atoms with Crippen molar-refractivity contribution in [1.82, 2.24) is 4.90 Å². The number of carbonyl (C=O) groups is 2. The van der Waals surface area contributed by atoms with Gasteiger partial charge in [0, 0.05) is 28.0 Å². The molecule has 0 saturated carbocycles. The van der Waals surface area contributed by atoms with Gasteiger partial charge in [0.25, 0.3) is 11.8 Å². The number of rotatable bonds is 4. The van der Waals surface area contributed by atoms with Crippen LogP contribution < -0.4 is 11.1 Å². The molecule has 5 nitrogen and oxygen atoms in total. The summed E-state index contributed by atoms with van der Waals surface area (Å²) in [6.45, 7) is 4.78. The minimum absolute atomic E-state index is 0. The third-order valence-corrected chi connectivity index (χ3v) is 5.82. The van der Waals surface area contributed by atoms with Gasteiger partial charge in [-0.2, -0.15) is 0 Å². The van der Waals surface area contributed by atoms with Gasteiger partial charge in [0.1, 0.15) is 5.00 Å². The first kappa shape index (κ1) is 19.9. The van der Waals surface area contributed by atoms with Crippen LogP contribution in [0.2, 0.25) is 0 Å². The lowest BCUT2D eigenvalue weighted by Gasteiger charge is -2.25. The second-order valence-corrected chi connectivity index (χ2v) is 7.67. The summed E-state index contributed by atoms with van der Waals surface area (Å²) in [6.07, 6.45) is 0.784. The van der Waals surface area contributed by atoms with Gasteiger partial charge in [0.2, 0.25) is 0 Å². The third-order valence-electron chi connectivity index (χ3n) is 4.16. The number of thiophene rings is 1. The molecule has 2 amide bonds. The molecule has 2 heterocycles. The maximum Gasteiger partial charge on any atom is 0.256 e. The Hall–Kier alpha value is -1.41. The molecule has 1 aliphatic rings. The predicted octanol–water partition coefficient (Wildman–Crippen LogP) is 3.66. The normalized spacial score (nSPS) is 13.7. The average molecular weight is 445 g/mol. The van der Waals surface area contributed by atoms with E-state index in [0.29, 0.717) is 16.1 Å². The largest absolute Gasteiger partial charge is 0.365 e. The lowest BCUT2D eigenvalue weighted by Crippen LogP contribution is -2.30. The number of primary amides is 1. The van der Waals surface area contributed by atoms with E-state index in [1.165, 1.54) is 11.3 Å². The minimum Gasteiger partial charge on any atom is -0.365 e. The monoisotopic (exact) mass is 443 g/mol. The summed E-state index contributed by atoms with van der Waals surface area (Å²) in [5, 5.41) is 3.42. The van der Waals surface area contributed by atoms with Crippen LogP contribution in [0, 0.1) is 0 Å². The predicted molar refractivity (Wildman–Crippen MR) is 107 cm³/mol. The second-order valence-electron chi connectivity index (χ2n) is 5.65. The lowest BCUT2D eigenvalue weighted by atomic mass is 10.0. The Morgan fingerprint density at radius 1 is 1.32 bits per heavy atom. The lowest BCUT2D eigenvalue weighted by molar-refractivity contribution is 0.1000. The van der Waals surface area contributed by atoms with Crippen LogP contribution in [0.25, 0.3) is 0 Å². The maximum absolute atomic E-state index is 12.5. The van der Waals surface area contributed by atoms with Crippen LogP contribution in [-0.2, 0) is 13.0 Å². The second kappa shape index (κ2) is 8.31. The first-order valence-corrected chi connectivity index (χ1v) is 9.34. The zero-order valence-corrected chi connectivity index (χ0v) is 16.9. The molecule has 0 fully saturated rings. The number of nitrogens with two attached hydrogens (primary N) is 1. The summed E-state index contributed by atoms with van der Waals surface area (Å²) in [6, 6.07) is 7.08. The first-order chi connectivity index (χ1) is 11.5. The summed E-state index contributed by atoms with van der Waals surface area (Å²) >= 11 is 4.80. The van der Waals surface area contributed by atoms with Crippen molar-refractivity contribution in [2.24, 2.45) is 5.73 Å². The van der Waals surface area contributed by atoms with Crippen molar-refractivity contribution in [2.75, 3.05) is 18.4 Å². The zero-order valence-electron chi connectivity index (χ0n) is 13.7. The first-order valence-electron chi connectivity index (χ1n) is 7.73. The molecule has 25 heavy (non-hydrogen) atoms. The fourth-order valence-corrected chi connectivity index (χ4v) is 4.41. The van der Waals surface area contributed by atoms with Crippen molar-refractivity contribution < 1.29 is 9.59 Å². The van der Waals surface area contributed by atoms with Gasteiger partial charge in [-0.25, -0.2) is 0 Å². The Labute approximate surface area is 165 Å². The number of nitrogens with zero attached hydrogens (tertiary/aromatic N) is 1. The number of hydrogen-bond donors (Lipinski definition) is 2. The summed E-state index contributed by atoms with van der Waals surface area (Å²) in [5.74, 6) is -0.723. The molecule has 8 heteroatoms. The summed E-state index contributed by atoms with van der Waals surface area (Å²) < 4.78 is 0.906. The van der Waals surface area contributed by atoms with E-state index in [1.54, 1.807) is 12.1 Å². The molecule has 3 rings (SSSR count). The molecule has 1 aliphatic heterocycles. The van der Waals surface area contributed by atoms with Crippen LogP contribution in [-0.4, -0.2) is 29.8 Å². The highest BCUT2D eigenvalue weighted by Crippen LogP contribution is 2.37. The molecule has 0 saturated heterocycles. The highest BCUT2D eigenvalue weighted by atomic mass is 79.9. The molecule has 0 spiro atoms. The number of carbonyl (C=O) groups excluding carboxylic acids is 2. The van der Waals surface area contributed by atoms with Crippen molar-refractivity contribution in [3.8, 4) is 0 Å². The molecule has 0 aliphatic carbocycles. The molecule has 3 N–H and O–H groups in total. The molecule has 2 aromatic rings. The Kier molecular flexibility index (Phi) is 6.62. The third kappa shape index (κ3) is 4.23. The van der Waals surface area contributed by atoms with Crippen molar-refractivity contribution >= 4 is 56.5 Å². The smallest absolute Gasteiger partial charge is 0.256 e. The summed E-state index contributed by atoms with van der Waals surface area (Å²) in [5.41, 5.74) is 7.58. The standard InChI is InChI=1S/C17H18BrN3O2S.ClH/c1-2-21-8-7-12-13(9-21)24-17(14(12)15(19)22)20-16(23)10-3-5-11(18)6-4-10;/h3-6H,2,7-9H2,1H3,(H2,19,22)(H,20,23);1H. The van der Waals surface area contributed by atoms with Gasteiger partial charge in [-0.05, 0) is 42.8 Å². The van der Waals surface area contributed by atoms with Gasteiger partial charge in [-0.1, -0.05) is 22.9 Å². The van der Waals surface area contributed by atoms with Crippen LogP contribution in [0.4, 0.5) is 5.00 Å². The topological polar surface area (TPSA) is 75.4 Å².